The first-order chi connectivity index (χ1) is 7.51. The zero-order valence-electron chi connectivity index (χ0n) is 10.7. The smallest absolute Gasteiger partial charge is 0.355 e. The predicted molar refractivity (Wildman–Crippen MR) is 72.4 cm³/mol. The summed E-state index contributed by atoms with van der Waals surface area (Å²) in [6.45, 7) is 14.1. The Labute approximate surface area is 101 Å². The molecule has 0 saturated heterocycles. The van der Waals surface area contributed by atoms with Crippen molar-refractivity contribution >= 4 is 17.1 Å². The Balaban J connectivity index is 4.76. The van der Waals surface area contributed by atoms with Crippen LogP contribution in [0.5, 0.6) is 0 Å². The molecule has 2 atom stereocenters. The van der Waals surface area contributed by atoms with Gasteiger partial charge in [-0.2, -0.15) is 0 Å². The molecule has 94 valence electrons. The van der Waals surface area contributed by atoms with E-state index in [4.69, 9.17) is 8.54 Å². The van der Waals surface area contributed by atoms with Crippen molar-refractivity contribution in [2.75, 3.05) is 6.61 Å². The molecule has 0 saturated carbocycles. The molecule has 16 heavy (non-hydrogen) atoms. The van der Waals surface area contributed by atoms with Crippen LogP contribution in [0.15, 0.2) is 24.6 Å². The lowest BCUT2D eigenvalue weighted by Crippen LogP contribution is -2.51. The maximum Gasteiger partial charge on any atom is 0.355 e. The molecule has 0 aromatic carbocycles. The molecule has 2 unspecified atom stereocenters. The van der Waals surface area contributed by atoms with Gasteiger partial charge in [-0.3, -0.25) is 0 Å². The van der Waals surface area contributed by atoms with Crippen LogP contribution in [0.4, 0.5) is 0 Å². The lowest BCUT2D eigenvalue weighted by Gasteiger charge is -2.33. The summed E-state index contributed by atoms with van der Waals surface area (Å²) in [6.07, 6.45) is 0.937. The second-order valence-corrected chi connectivity index (χ2v) is 10.4. The number of hydrogen-bond acceptors (Lipinski definition) is 3. The van der Waals surface area contributed by atoms with Crippen LogP contribution in [0.3, 0.4) is 0 Å². The third kappa shape index (κ3) is 4.35. The first kappa shape index (κ1) is 15.8. The molecule has 5 heteroatoms. The first-order valence-corrected chi connectivity index (χ1v) is 10.1. The fourth-order valence-corrected chi connectivity index (χ4v) is 7.18. The van der Waals surface area contributed by atoms with E-state index in [-0.39, 0.29) is 0 Å². The summed E-state index contributed by atoms with van der Waals surface area (Å²) in [4.78, 5) is 10.2. The average molecular weight is 260 g/mol. The molecule has 0 rings (SSSR count). The van der Waals surface area contributed by atoms with Crippen LogP contribution < -0.4 is 0 Å². The minimum absolute atomic E-state index is 0.592. The molecule has 0 fully saturated rings. The minimum atomic E-state index is -2.80. The van der Waals surface area contributed by atoms with Crippen molar-refractivity contribution in [1.82, 2.24) is 0 Å². The van der Waals surface area contributed by atoms with E-state index >= 15 is 0 Å². The fourth-order valence-electron chi connectivity index (χ4n) is 1.28. The molecule has 0 aliphatic rings. The monoisotopic (exact) mass is 260 g/mol. The second kappa shape index (κ2) is 7.18. The van der Waals surface area contributed by atoms with Crippen molar-refractivity contribution in [1.29, 1.82) is 0 Å². The molecule has 0 spiro atoms. The SMILES string of the molecule is C=C[Si](O)(CC)O[Si](C=C)(CC)OCCC. The van der Waals surface area contributed by atoms with Crippen LogP contribution in [0, 0.1) is 0 Å². The molecule has 0 bridgehead atoms. The van der Waals surface area contributed by atoms with Crippen molar-refractivity contribution in [3.8, 4) is 0 Å². The van der Waals surface area contributed by atoms with Gasteiger partial charge in [0.25, 0.3) is 0 Å². The van der Waals surface area contributed by atoms with Gasteiger partial charge in [-0.25, -0.2) is 0 Å². The standard InChI is InChI=1S/C11H24O3Si2/c1-6-11-13-16(9-4,10-5)14-15(12,7-2)8-3/h7,9,12H,2,4,6,8,10-11H2,1,3,5H3. The van der Waals surface area contributed by atoms with Crippen molar-refractivity contribution in [2.45, 2.75) is 39.3 Å². The molecule has 0 amide bonds. The molecule has 0 aromatic heterocycles. The third-order valence-electron chi connectivity index (χ3n) is 2.53. The van der Waals surface area contributed by atoms with Gasteiger partial charge in [-0.05, 0) is 18.5 Å². The Bertz CT molecular complexity index is 235. The topological polar surface area (TPSA) is 38.7 Å². The highest BCUT2D eigenvalue weighted by atomic mass is 28.5. The highest BCUT2D eigenvalue weighted by molar-refractivity contribution is 6.85. The Morgan fingerprint density at radius 1 is 1.12 bits per heavy atom. The normalized spacial score (nSPS) is 18.5. The zero-order chi connectivity index (χ0) is 12.7. The Morgan fingerprint density at radius 2 is 1.75 bits per heavy atom. The first-order valence-electron chi connectivity index (χ1n) is 5.85. The number of hydrogen-bond donors (Lipinski definition) is 1. The summed E-state index contributed by atoms with van der Waals surface area (Å²) in [5.74, 6) is 0. The number of rotatable bonds is 9. The highest BCUT2D eigenvalue weighted by Gasteiger charge is 2.41. The van der Waals surface area contributed by atoms with E-state index in [1.165, 1.54) is 0 Å². The van der Waals surface area contributed by atoms with Gasteiger partial charge >= 0.3 is 17.1 Å². The van der Waals surface area contributed by atoms with E-state index in [1.54, 1.807) is 11.4 Å². The zero-order valence-corrected chi connectivity index (χ0v) is 12.7. The van der Waals surface area contributed by atoms with Crippen molar-refractivity contribution < 1.29 is 13.3 Å². The van der Waals surface area contributed by atoms with Crippen LogP contribution in [-0.4, -0.2) is 28.5 Å². The molecule has 0 aliphatic heterocycles. The van der Waals surface area contributed by atoms with Crippen molar-refractivity contribution in [3.63, 3.8) is 0 Å². The maximum atomic E-state index is 10.2. The van der Waals surface area contributed by atoms with Gasteiger partial charge in [-0.1, -0.05) is 32.2 Å². The van der Waals surface area contributed by atoms with E-state index in [2.05, 4.69) is 20.1 Å². The van der Waals surface area contributed by atoms with E-state index in [0.717, 1.165) is 12.5 Å². The van der Waals surface area contributed by atoms with E-state index in [1.807, 2.05) is 13.8 Å². The maximum absolute atomic E-state index is 10.2. The molecule has 0 radical (unpaired) electrons. The highest BCUT2D eigenvalue weighted by Crippen LogP contribution is 2.22. The van der Waals surface area contributed by atoms with E-state index in [9.17, 15) is 4.80 Å². The Kier molecular flexibility index (Phi) is 7.09. The minimum Gasteiger partial charge on any atom is -0.408 e. The molecular weight excluding hydrogens is 236 g/mol. The third-order valence-corrected chi connectivity index (χ3v) is 9.28. The van der Waals surface area contributed by atoms with Crippen molar-refractivity contribution in [3.05, 3.63) is 24.6 Å². The summed E-state index contributed by atoms with van der Waals surface area (Å²) < 4.78 is 11.7. The lowest BCUT2D eigenvalue weighted by atomic mass is 10.5. The average Bonchev–Trinajstić information content (AvgIpc) is 2.34. The summed E-state index contributed by atoms with van der Waals surface area (Å²) in [5.41, 5.74) is 3.32. The van der Waals surface area contributed by atoms with E-state index in [0.29, 0.717) is 12.7 Å². The van der Waals surface area contributed by atoms with Gasteiger partial charge in [0, 0.05) is 6.61 Å². The van der Waals surface area contributed by atoms with Crippen LogP contribution in [0.25, 0.3) is 0 Å². The van der Waals surface area contributed by atoms with Crippen LogP contribution >= 0.6 is 0 Å². The summed E-state index contributed by atoms with van der Waals surface area (Å²) in [5, 5.41) is 0. The molecule has 0 heterocycles. The summed E-state index contributed by atoms with van der Waals surface area (Å²) in [6, 6.07) is 1.36. The van der Waals surface area contributed by atoms with Gasteiger partial charge in [0.05, 0.1) is 0 Å². The second-order valence-electron chi connectivity index (χ2n) is 3.72. The van der Waals surface area contributed by atoms with Gasteiger partial charge in [0.2, 0.25) is 0 Å². The Hall–Kier alpha value is -0.206. The lowest BCUT2D eigenvalue weighted by molar-refractivity contribution is 0.228. The summed E-state index contributed by atoms with van der Waals surface area (Å²) >= 11 is 0. The molecule has 3 nitrogen and oxygen atoms in total. The van der Waals surface area contributed by atoms with E-state index < -0.39 is 17.1 Å². The molecular formula is C11H24O3Si2. The van der Waals surface area contributed by atoms with Crippen LogP contribution in [-0.2, 0) is 8.54 Å². The largest absolute Gasteiger partial charge is 0.408 e. The van der Waals surface area contributed by atoms with Crippen molar-refractivity contribution in [2.24, 2.45) is 0 Å². The van der Waals surface area contributed by atoms with Gasteiger partial charge < -0.3 is 13.3 Å². The van der Waals surface area contributed by atoms with Gasteiger partial charge in [0.1, 0.15) is 0 Å². The fraction of sp³-hybridized carbons (Fsp3) is 0.636. The predicted octanol–water partition coefficient (Wildman–Crippen LogP) is 2.80. The molecule has 0 aromatic rings. The van der Waals surface area contributed by atoms with Gasteiger partial charge in [0.15, 0.2) is 0 Å². The van der Waals surface area contributed by atoms with Crippen LogP contribution in [0.2, 0.25) is 12.1 Å². The Morgan fingerprint density at radius 3 is 2.06 bits per heavy atom. The van der Waals surface area contributed by atoms with Gasteiger partial charge in [-0.15, -0.1) is 13.2 Å². The molecule has 0 aliphatic carbocycles. The summed E-state index contributed by atoms with van der Waals surface area (Å²) in [7, 11) is -5.23. The quantitative estimate of drug-likeness (QED) is 0.648. The molecule has 1 N–H and O–H groups in total. The van der Waals surface area contributed by atoms with Crippen LogP contribution in [0.1, 0.15) is 27.2 Å².